The van der Waals surface area contributed by atoms with Crippen LogP contribution in [0.15, 0.2) is 42.0 Å². The number of imide groups is 2. The molecule has 4 amide bonds. The van der Waals surface area contributed by atoms with E-state index in [4.69, 9.17) is 0 Å². The van der Waals surface area contributed by atoms with Gasteiger partial charge in [-0.15, -0.1) is 0 Å². The minimum absolute atomic E-state index is 0.0460. The van der Waals surface area contributed by atoms with E-state index in [1.807, 2.05) is 19.9 Å². The lowest BCUT2D eigenvalue weighted by Crippen LogP contribution is -2.54. The van der Waals surface area contributed by atoms with E-state index in [-0.39, 0.29) is 11.1 Å². The van der Waals surface area contributed by atoms with Gasteiger partial charge in [0, 0.05) is 17.8 Å². The summed E-state index contributed by atoms with van der Waals surface area (Å²) >= 11 is 0. The standard InChI is InChI=1S/C27H31N3O3/c1-7-29-23-12-17(3)19(13-21(23)18(4)15-27(29,5)6)14-22-24(31)28-26(33)30(25(22)32)20-10-8-9-16(2)11-20/h8-14,18H,7,15H2,1-6H3,(H,28,31,33)/b22-14+/t18-/m0/s1. The summed E-state index contributed by atoms with van der Waals surface area (Å²) < 4.78 is 0. The van der Waals surface area contributed by atoms with Crippen molar-refractivity contribution >= 4 is 35.3 Å². The van der Waals surface area contributed by atoms with Gasteiger partial charge in [0.1, 0.15) is 5.57 Å². The number of hydrogen-bond acceptors (Lipinski definition) is 4. The molecule has 6 heteroatoms. The maximum absolute atomic E-state index is 13.3. The first-order valence-electron chi connectivity index (χ1n) is 11.4. The summed E-state index contributed by atoms with van der Waals surface area (Å²) in [6.45, 7) is 13.7. The van der Waals surface area contributed by atoms with Crippen molar-refractivity contribution in [1.29, 1.82) is 0 Å². The summed E-state index contributed by atoms with van der Waals surface area (Å²) in [7, 11) is 0. The van der Waals surface area contributed by atoms with Crippen LogP contribution in [-0.4, -0.2) is 29.9 Å². The Morgan fingerprint density at radius 1 is 1.12 bits per heavy atom. The normalized spacial score (nSPS) is 21.3. The molecule has 1 atom stereocenters. The quantitative estimate of drug-likeness (QED) is 0.528. The number of anilines is 2. The van der Waals surface area contributed by atoms with Crippen molar-refractivity contribution in [2.45, 2.75) is 59.4 Å². The number of fused-ring (bicyclic) bond motifs is 1. The molecule has 1 fully saturated rings. The summed E-state index contributed by atoms with van der Waals surface area (Å²) in [5, 5.41) is 2.32. The van der Waals surface area contributed by atoms with E-state index in [0.717, 1.165) is 34.6 Å². The second kappa shape index (κ2) is 8.18. The third-order valence-electron chi connectivity index (χ3n) is 6.75. The van der Waals surface area contributed by atoms with Crippen molar-refractivity contribution in [3.63, 3.8) is 0 Å². The lowest BCUT2D eigenvalue weighted by atomic mass is 9.79. The van der Waals surface area contributed by atoms with Gasteiger partial charge in [-0.3, -0.25) is 14.9 Å². The number of amides is 4. The van der Waals surface area contributed by atoms with Crippen molar-refractivity contribution in [3.8, 4) is 0 Å². The van der Waals surface area contributed by atoms with Gasteiger partial charge in [-0.25, -0.2) is 9.69 Å². The number of barbiturate groups is 1. The lowest BCUT2D eigenvalue weighted by molar-refractivity contribution is -0.122. The van der Waals surface area contributed by atoms with Crippen LogP contribution in [-0.2, 0) is 9.59 Å². The van der Waals surface area contributed by atoms with E-state index in [1.165, 1.54) is 11.3 Å². The third-order valence-corrected chi connectivity index (χ3v) is 6.75. The minimum atomic E-state index is -0.732. The van der Waals surface area contributed by atoms with Crippen LogP contribution < -0.4 is 15.1 Å². The molecule has 33 heavy (non-hydrogen) atoms. The van der Waals surface area contributed by atoms with Crippen molar-refractivity contribution in [1.82, 2.24) is 5.32 Å². The number of carbonyl (C=O) groups excluding carboxylic acids is 3. The number of carbonyl (C=O) groups is 3. The summed E-state index contributed by atoms with van der Waals surface area (Å²) in [6.07, 6.45) is 2.63. The number of urea groups is 1. The summed E-state index contributed by atoms with van der Waals surface area (Å²) in [5.74, 6) is -0.942. The Bertz CT molecular complexity index is 1200. The van der Waals surface area contributed by atoms with Crippen molar-refractivity contribution in [2.24, 2.45) is 0 Å². The number of hydrogen-bond donors (Lipinski definition) is 1. The highest BCUT2D eigenvalue weighted by atomic mass is 16.2. The van der Waals surface area contributed by atoms with Gasteiger partial charge in [0.15, 0.2) is 0 Å². The molecule has 0 aliphatic carbocycles. The molecule has 172 valence electrons. The number of nitrogens with one attached hydrogen (secondary N) is 1. The molecule has 2 aromatic carbocycles. The molecule has 2 heterocycles. The highest BCUT2D eigenvalue weighted by molar-refractivity contribution is 6.39. The highest BCUT2D eigenvalue weighted by Gasteiger charge is 2.38. The Labute approximate surface area is 195 Å². The molecular formula is C27H31N3O3. The zero-order chi connectivity index (χ0) is 24.1. The molecule has 6 nitrogen and oxygen atoms in total. The number of nitrogens with zero attached hydrogens (tertiary/aromatic N) is 2. The maximum Gasteiger partial charge on any atom is 0.335 e. The SMILES string of the molecule is CCN1c2cc(C)c(/C=C3\C(=O)NC(=O)N(c4cccc(C)c4)C3=O)cc2[C@@H](C)CC1(C)C. The van der Waals surface area contributed by atoms with E-state index < -0.39 is 17.8 Å². The smallest absolute Gasteiger partial charge is 0.335 e. The summed E-state index contributed by atoms with van der Waals surface area (Å²) in [6, 6.07) is 10.6. The molecule has 0 spiro atoms. The van der Waals surface area contributed by atoms with Crippen LogP contribution in [0.4, 0.5) is 16.2 Å². The van der Waals surface area contributed by atoms with Crippen LogP contribution in [0.5, 0.6) is 0 Å². The van der Waals surface area contributed by atoms with E-state index in [2.05, 4.69) is 50.0 Å². The van der Waals surface area contributed by atoms with Crippen LogP contribution in [0.1, 0.15) is 62.3 Å². The first-order valence-corrected chi connectivity index (χ1v) is 11.4. The molecule has 0 aromatic heterocycles. The van der Waals surface area contributed by atoms with E-state index >= 15 is 0 Å². The predicted molar refractivity (Wildman–Crippen MR) is 131 cm³/mol. The molecule has 2 aliphatic heterocycles. The molecule has 2 aromatic rings. The fourth-order valence-electron chi connectivity index (χ4n) is 5.22. The fraction of sp³-hybridized carbons (Fsp3) is 0.370. The Morgan fingerprint density at radius 2 is 1.85 bits per heavy atom. The average Bonchev–Trinajstić information content (AvgIpc) is 2.71. The van der Waals surface area contributed by atoms with Crippen LogP contribution in [0, 0.1) is 13.8 Å². The summed E-state index contributed by atoms with van der Waals surface area (Å²) in [4.78, 5) is 41.9. The number of benzene rings is 2. The zero-order valence-electron chi connectivity index (χ0n) is 20.2. The molecular weight excluding hydrogens is 414 g/mol. The van der Waals surface area contributed by atoms with Crippen molar-refractivity contribution in [3.05, 3.63) is 64.2 Å². The third kappa shape index (κ3) is 3.94. The highest BCUT2D eigenvalue weighted by Crippen LogP contribution is 2.44. The molecule has 0 unspecified atom stereocenters. The molecule has 0 bridgehead atoms. The van der Waals surface area contributed by atoms with Gasteiger partial charge < -0.3 is 4.90 Å². The van der Waals surface area contributed by atoms with Crippen LogP contribution in [0.2, 0.25) is 0 Å². The number of aryl methyl sites for hydroxylation is 2. The Hall–Kier alpha value is -3.41. The largest absolute Gasteiger partial charge is 0.366 e. The Balaban J connectivity index is 1.78. The van der Waals surface area contributed by atoms with Gasteiger partial charge in [-0.1, -0.05) is 19.1 Å². The lowest BCUT2D eigenvalue weighted by Gasteiger charge is -2.47. The average molecular weight is 446 g/mol. The van der Waals surface area contributed by atoms with Gasteiger partial charge in [0.05, 0.1) is 5.69 Å². The number of rotatable bonds is 3. The van der Waals surface area contributed by atoms with E-state index in [0.29, 0.717) is 11.6 Å². The molecule has 1 N–H and O–H groups in total. The molecule has 1 saturated heterocycles. The fourth-order valence-corrected chi connectivity index (χ4v) is 5.22. The van der Waals surface area contributed by atoms with Gasteiger partial charge in [0.25, 0.3) is 11.8 Å². The second-order valence-corrected chi connectivity index (χ2v) is 9.73. The van der Waals surface area contributed by atoms with Gasteiger partial charge >= 0.3 is 6.03 Å². The minimum Gasteiger partial charge on any atom is -0.366 e. The van der Waals surface area contributed by atoms with Crippen molar-refractivity contribution in [2.75, 3.05) is 16.3 Å². The van der Waals surface area contributed by atoms with E-state index in [1.54, 1.807) is 24.3 Å². The first-order chi connectivity index (χ1) is 15.5. The molecule has 0 radical (unpaired) electrons. The summed E-state index contributed by atoms with van der Waals surface area (Å²) in [5.41, 5.74) is 5.57. The van der Waals surface area contributed by atoms with Crippen molar-refractivity contribution < 1.29 is 14.4 Å². The topological polar surface area (TPSA) is 69.7 Å². The zero-order valence-corrected chi connectivity index (χ0v) is 20.2. The Kier molecular flexibility index (Phi) is 5.64. The predicted octanol–water partition coefficient (Wildman–Crippen LogP) is 5.08. The van der Waals surface area contributed by atoms with E-state index in [9.17, 15) is 14.4 Å². The molecule has 2 aliphatic rings. The Morgan fingerprint density at radius 3 is 2.52 bits per heavy atom. The molecule has 0 saturated carbocycles. The monoisotopic (exact) mass is 445 g/mol. The van der Waals surface area contributed by atoms with Gasteiger partial charge in [-0.05, 0) is 99.6 Å². The van der Waals surface area contributed by atoms with Gasteiger partial charge in [0.2, 0.25) is 0 Å². The van der Waals surface area contributed by atoms with Gasteiger partial charge in [-0.2, -0.15) is 0 Å². The van der Waals surface area contributed by atoms with Crippen LogP contribution in [0.25, 0.3) is 6.08 Å². The second-order valence-electron chi connectivity index (χ2n) is 9.73. The van der Waals surface area contributed by atoms with Crippen LogP contribution >= 0.6 is 0 Å². The van der Waals surface area contributed by atoms with Crippen LogP contribution in [0.3, 0.4) is 0 Å². The molecule has 4 rings (SSSR count). The first kappa shape index (κ1) is 22.8. The maximum atomic E-state index is 13.3.